The van der Waals surface area contributed by atoms with Crippen molar-refractivity contribution in [3.63, 3.8) is 0 Å². The number of rotatable bonds is 7. The van der Waals surface area contributed by atoms with E-state index >= 15 is 0 Å². The molecule has 1 N–H and O–H groups in total. The van der Waals surface area contributed by atoms with Crippen molar-refractivity contribution < 1.29 is 28.2 Å². The minimum absolute atomic E-state index is 0.0238. The summed E-state index contributed by atoms with van der Waals surface area (Å²) in [4.78, 5) is 26.5. The quantitative estimate of drug-likeness (QED) is 0.508. The predicted octanol–water partition coefficient (Wildman–Crippen LogP) is 5.58. The van der Waals surface area contributed by atoms with Crippen molar-refractivity contribution in [2.24, 2.45) is 5.41 Å². The molecule has 0 amide bonds. The van der Waals surface area contributed by atoms with Crippen LogP contribution in [0.15, 0.2) is 65.0 Å². The highest BCUT2D eigenvalue weighted by atomic mass is 19.1. The summed E-state index contributed by atoms with van der Waals surface area (Å²) in [5, 5.41) is 3.34. The van der Waals surface area contributed by atoms with Gasteiger partial charge in [-0.2, -0.15) is 0 Å². The van der Waals surface area contributed by atoms with Crippen LogP contribution in [0.2, 0.25) is 0 Å². The van der Waals surface area contributed by atoms with Crippen LogP contribution >= 0.6 is 0 Å². The Bertz CT molecular complexity index is 1240. The van der Waals surface area contributed by atoms with Crippen molar-refractivity contribution in [2.45, 2.75) is 53.1 Å². The lowest BCUT2D eigenvalue weighted by Gasteiger charge is -2.39. The van der Waals surface area contributed by atoms with Gasteiger partial charge in [-0.3, -0.25) is 4.79 Å². The minimum atomic E-state index is -0.565. The SMILES string of the molecule is CCOC(=O)C1=C(C)NC2=C(C(=O)CC(C)(C)C2)[C@H]1c1ccc(COc2ccc(F)cc2)c(OC)c1. The van der Waals surface area contributed by atoms with E-state index in [0.29, 0.717) is 41.2 Å². The van der Waals surface area contributed by atoms with Crippen molar-refractivity contribution in [3.05, 3.63) is 81.9 Å². The lowest BCUT2D eigenvalue weighted by Crippen LogP contribution is -2.38. The van der Waals surface area contributed by atoms with E-state index in [4.69, 9.17) is 14.2 Å². The monoisotopic (exact) mass is 493 g/mol. The maximum Gasteiger partial charge on any atom is 0.336 e. The number of Topliss-reactive ketones (excluding diaryl/α,β-unsaturated/α-hetero) is 1. The molecule has 1 atom stereocenters. The van der Waals surface area contributed by atoms with Gasteiger partial charge >= 0.3 is 5.97 Å². The Morgan fingerprint density at radius 2 is 1.86 bits per heavy atom. The Kier molecular flexibility index (Phi) is 7.20. The standard InChI is InChI=1S/C29H32FNO5/c1-6-35-28(33)25-17(2)31-22-14-29(3,4)15-23(32)27(22)26(25)18-7-8-19(24(13-18)34-5)16-36-21-11-9-20(30)10-12-21/h7-13,26,31H,6,14-16H2,1-5H3/t26-/m0/s1. The van der Waals surface area contributed by atoms with E-state index in [2.05, 4.69) is 19.2 Å². The van der Waals surface area contributed by atoms with E-state index in [9.17, 15) is 14.0 Å². The zero-order valence-electron chi connectivity index (χ0n) is 21.4. The molecule has 1 aliphatic heterocycles. The molecule has 0 radical (unpaired) electrons. The van der Waals surface area contributed by atoms with Crippen molar-refractivity contribution in [3.8, 4) is 11.5 Å². The number of dihydropyridines is 1. The van der Waals surface area contributed by atoms with Gasteiger partial charge in [0, 0.05) is 34.9 Å². The highest BCUT2D eigenvalue weighted by molar-refractivity contribution is 6.04. The van der Waals surface area contributed by atoms with Gasteiger partial charge in [0.25, 0.3) is 0 Å². The Hall–Kier alpha value is -3.61. The molecule has 0 spiro atoms. The molecule has 1 aliphatic carbocycles. The highest BCUT2D eigenvalue weighted by Crippen LogP contribution is 2.47. The van der Waals surface area contributed by atoms with Crippen molar-refractivity contribution >= 4 is 11.8 Å². The third-order valence-corrected chi connectivity index (χ3v) is 6.59. The fourth-order valence-corrected chi connectivity index (χ4v) is 5.00. The van der Waals surface area contributed by atoms with Gasteiger partial charge in [0.15, 0.2) is 5.78 Å². The molecule has 6 nitrogen and oxygen atoms in total. The number of hydrogen-bond donors (Lipinski definition) is 1. The summed E-state index contributed by atoms with van der Waals surface area (Å²) in [6.45, 7) is 8.20. The van der Waals surface area contributed by atoms with Crippen LogP contribution in [0.1, 0.15) is 57.6 Å². The van der Waals surface area contributed by atoms with Crippen LogP contribution in [0.3, 0.4) is 0 Å². The van der Waals surface area contributed by atoms with Crippen LogP contribution in [-0.2, 0) is 20.9 Å². The lowest BCUT2D eigenvalue weighted by molar-refractivity contribution is -0.138. The van der Waals surface area contributed by atoms with Crippen LogP contribution in [0, 0.1) is 11.2 Å². The molecule has 2 aliphatic rings. The lowest BCUT2D eigenvalue weighted by atomic mass is 9.68. The van der Waals surface area contributed by atoms with E-state index in [1.54, 1.807) is 26.2 Å². The maximum atomic E-state index is 13.4. The van der Waals surface area contributed by atoms with Crippen molar-refractivity contribution in [2.75, 3.05) is 13.7 Å². The molecule has 36 heavy (non-hydrogen) atoms. The van der Waals surface area contributed by atoms with Gasteiger partial charge in [-0.05, 0) is 61.6 Å². The van der Waals surface area contributed by atoms with Crippen molar-refractivity contribution in [1.82, 2.24) is 5.32 Å². The smallest absolute Gasteiger partial charge is 0.336 e. The number of benzene rings is 2. The Morgan fingerprint density at radius 1 is 1.14 bits per heavy atom. The molecule has 0 saturated heterocycles. The summed E-state index contributed by atoms with van der Waals surface area (Å²) in [7, 11) is 1.56. The normalized spacial score (nSPS) is 18.9. The van der Waals surface area contributed by atoms with Crippen LogP contribution in [0.25, 0.3) is 0 Å². The molecule has 2 aromatic rings. The third-order valence-electron chi connectivity index (χ3n) is 6.59. The largest absolute Gasteiger partial charge is 0.496 e. The molecule has 0 aromatic heterocycles. The van der Waals surface area contributed by atoms with Gasteiger partial charge in [-0.25, -0.2) is 9.18 Å². The molecule has 0 fully saturated rings. The molecule has 0 saturated carbocycles. The maximum absolute atomic E-state index is 13.4. The summed E-state index contributed by atoms with van der Waals surface area (Å²) < 4.78 is 30.1. The summed E-state index contributed by atoms with van der Waals surface area (Å²) in [5.41, 5.74) is 3.96. The second kappa shape index (κ2) is 10.2. The van der Waals surface area contributed by atoms with E-state index in [1.807, 2.05) is 25.1 Å². The first kappa shape index (κ1) is 25.5. The number of ketones is 1. The number of halogens is 1. The Labute approximate surface area is 211 Å². The summed E-state index contributed by atoms with van der Waals surface area (Å²) in [6.07, 6.45) is 1.11. The number of methoxy groups -OCH3 is 1. The minimum Gasteiger partial charge on any atom is -0.496 e. The number of ether oxygens (including phenoxy) is 3. The molecule has 2 aromatic carbocycles. The fourth-order valence-electron chi connectivity index (χ4n) is 5.00. The molecular weight excluding hydrogens is 461 g/mol. The van der Waals surface area contributed by atoms with Crippen LogP contribution < -0.4 is 14.8 Å². The number of carbonyl (C=O) groups excluding carboxylic acids is 2. The summed E-state index contributed by atoms with van der Waals surface area (Å²) >= 11 is 0. The predicted molar refractivity (Wildman–Crippen MR) is 134 cm³/mol. The Morgan fingerprint density at radius 3 is 2.53 bits per heavy atom. The molecule has 7 heteroatoms. The average molecular weight is 494 g/mol. The zero-order valence-corrected chi connectivity index (χ0v) is 21.4. The van der Waals surface area contributed by atoms with E-state index in [1.165, 1.54) is 12.1 Å². The topological polar surface area (TPSA) is 73.9 Å². The number of carbonyl (C=O) groups is 2. The van der Waals surface area contributed by atoms with Crippen molar-refractivity contribution in [1.29, 1.82) is 0 Å². The van der Waals surface area contributed by atoms with E-state index in [-0.39, 0.29) is 30.2 Å². The highest BCUT2D eigenvalue weighted by Gasteiger charge is 2.43. The molecular formula is C29H32FNO5. The van der Waals surface area contributed by atoms with Crippen LogP contribution in [0.5, 0.6) is 11.5 Å². The molecule has 0 unspecified atom stereocenters. The second-order valence-corrected chi connectivity index (χ2v) is 9.96. The van der Waals surface area contributed by atoms with Crippen LogP contribution in [-0.4, -0.2) is 25.5 Å². The number of allylic oxidation sites excluding steroid dienone is 3. The van der Waals surface area contributed by atoms with Gasteiger partial charge in [0.05, 0.1) is 19.3 Å². The third kappa shape index (κ3) is 5.15. The van der Waals surface area contributed by atoms with E-state index < -0.39 is 11.9 Å². The zero-order chi connectivity index (χ0) is 26.0. The van der Waals surface area contributed by atoms with Crippen LogP contribution in [0.4, 0.5) is 4.39 Å². The molecule has 0 bridgehead atoms. The van der Waals surface area contributed by atoms with Gasteiger partial charge in [-0.15, -0.1) is 0 Å². The first-order chi connectivity index (χ1) is 17.1. The number of hydrogen-bond acceptors (Lipinski definition) is 6. The second-order valence-electron chi connectivity index (χ2n) is 9.96. The van der Waals surface area contributed by atoms with Gasteiger partial charge in [0.2, 0.25) is 0 Å². The fraction of sp³-hybridized carbons (Fsp3) is 0.379. The first-order valence-corrected chi connectivity index (χ1v) is 12.1. The summed E-state index contributed by atoms with van der Waals surface area (Å²) in [6, 6.07) is 11.4. The molecule has 4 rings (SSSR count). The first-order valence-electron chi connectivity index (χ1n) is 12.1. The number of nitrogens with one attached hydrogen (secondary N) is 1. The average Bonchev–Trinajstić information content (AvgIpc) is 2.82. The Balaban J connectivity index is 1.73. The number of esters is 1. The van der Waals surface area contributed by atoms with Gasteiger partial charge in [0.1, 0.15) is 23.9 Å². The van der Waals surface area contributed by atoms with Gasteiger partial charge in [-0.1, -0.05) is 26.0 Å². The molecule has 190 valence electrons. The van der Waals surface area contributed by atoms with E-state index in [0.717, 1.165) is 16.8 Å². The summed E-state index contributed by atoms with van der Waals surface area (Å²) in [5.74, 6) is -0.213. The molecule has 1 heterocycles. The van der Waals surface area contributed by atoms with Gasteiger partial charge < -0.3 is 19.5 Å².